The van der Waals surface area contributed by atoms with E-state index in [1.807, 2.05) is 0 Å². The molecule has 0 aromatic rings. The SMILES string of the molecule is COC(=O)OCC#CC1(O)CCCCCCC1. The lowest BCUT2D eigenvalue weighted by Crippen LogP contribution is -2.27. The van der Waals surface area contributed by atoms with Gasteiger partial charge in [0.1, 0.15) is 5.60 Å². The second-order valence-electron chi connectivity index (χ2n) is 4.34. The molecule has 96 valence electrons. The van der Waals surface area contributed by atoms with E-state index in [1.165, 1.54) is 13.5 Å². The highest BCUT2D eigenvalue weighted by molar-refractivity contribution is 5.59. The van der Waals surface area contributed by atoms with E-state index in [0.29, 0.717) is 12.8 Å². The van der Waals surface area contributed by atoms with Crippen molar-refractivity contribution in [2.75, 3.05) is 13.7 Å². The first-order valence-corrected chi connectivity index (χ1v) is 6.09. The number of hydrogen-bond donors (Lipinski definition) is 1. The van der Waals surface area contributed by atoms with Crippen LogP contribution in [0.3, 0.4) is 0 Å². The minimum atomic E-state index is -0.903. The van der Waals surface area contributed by atoms with Gasteiger partial charge in [-0.2, -0.15) is 0 Å². The predicted molar refractivity (Wildman–Crippen MR) is 63.4 cm³/mol. The van der Waals surface area contributed by atoms with Crippen molar-refractivity contribution in [3.05, 3.63) is 0 Å². The first-order chi connectivity index (χ1) is 8.16. The standard InChI is InChI=1S/C13H20O4/c1-16-12(14)17-11-7-10-13(15)8-5-3-2-4-6-9-13/h15H,2-6,8-9,11H2,1H3. The van der Waals surface area contributed by atoms with Crippen LogP contribution in [0.4, 0.5) is 4.79 Å². The number of hydrogen-bond acceptors (Lipinski definition) is 4. The van der Waals surface area contributed by atoms with Crippen LogP contribution in [0.1, 0.15) is 44.9 Å². The smallest absolute Gasteiger partial charge is 0.438 e. The van der Waals surface area contributed by atoms with E-state index in [0.717, 1.165) is 25.7 Å². The number of ether oxygens (including phenoxy) is 2. The van der Waals surface area contributed by atoms with Gasteiger partial charge in [-0.1, -0.05) is 31.1 Å². The van der Waals surface area contributed by atoms with Crippen molar-refractivity contribution >= 4 is 6.16 Å². The third-order valence-corrected chi connectivity index (χ3v) is 2.93. The number of aliphatic hydroxyl groups is 1. The van der Waals surface area contributed by atoms with Crippen molar-refractivity contribution in [1.29, 1.82) is 0 Å². The summed E-state index contributed by atoms with van der Waals surface area (Å²) in [6.45, 7) is -0.0328. The van der Waals surface area contributed by atoms with Crippen LogP contribution in [0.15, 0.2) is 0 Å². The molecule has 1 N–H and O–H groups in total. The van der Waals surface area contributed by atoms with Crippen LogP contribution in [0.2, 0.25) is 0 Å². The Morgan fingerprint density at radius 2 is 1.82 bits per heavy atom. The van der Waals surface area contributed by atoms with Crippen LogP contribution in [0.5, 0.6) is 0 Å². The van der Waals surface area contributed by atoms with Gasteiger partial charge in [0.15, 0.2) is 6.61 Å². The summed E-state index contributed by atoms with van der Waals surface area (Å²) in [6.07, 6.45) is 6.23. The van der Waals surface area contributed by atoms with Gasteiger partial charge < -0.3 is 14.6 Å². The second-order valence-corrected chi connectivity index (χ2v) is 4.34. The molecule has 0 aromatic carbocycles. The van der Waals surface area contributed by atoms with Crippen LogP contribution >= 0.6 is 0 Å². The number of methoxy groups -OCH3 is 1. The fraction of sp³-hybridized carbons (Fsp3) is 0.769. The average Bonchev–Trinajstić information content (AvgIpc) is 2.30. The molecule has 4 heteroatoms. The summed E-state index contributed by atoms with van der Waals surface area (Å²) in [7, 11) is 1.25. The molecular formula is C13H20O4. The molecule has 0 saturated heterocycles. The largest absolute Gasteiger partial charge is 0.508 e. The molecule has 0 radical (unpaired) electrons. The van der Waals surface area contributed by atoms with Crippen molar-refractivity contribution < 1.29 is 19.4 Å². The monoisotopic (exact) mass is 240 g/mol. The summed E-state index contributed by atoms with van der Waals surface area (Å²) >= 11 is 0. The average molecular weight is 240 g/mol. The second kappa shape index (κ2) is 7.18. The van der Waals surface area contributed by atoms with Crippen molar-refractivity contribution in [3.63, 3.8) is 0 Å². The zero-order valence-corrected chi connectivity index (χ0v) is 10.3. The number of rotatable bonds is 1. The van der Waals surface area contributed by atoms with Gasteiger partial charge in [0.05, 0.1) is 7.11 Å². The molecule has 0 heterocycles. The molecule has 1 rings (SSSR count). The summed E-state index contributed by atoms with van der Waals surface area (Å²) in [5.41, 5.74) is -0.903. The molecule has 1 fully saturated rings. The zero-order valence-electron chi connectivity index (χ0n) is 10.3. The molecule has 0 atom stereocenters. The van der Waals surface area contributed by atoms with Crippen LogP contribution in [0.25, 0.3) is 0 Å². The van der Waals surface area contributed by atoms with Crippen LogP contribution in [-0.2, 0) is 9.47 Å². The van der Waals surface area contributed by atoms with Crippen molar-refractivity contribution in [3.8, 4) is 11.8 Å². The maximum absolute atomic E-state index is 10.7. The Bertz CT molecular complexity index is 292. The summed E-state index contributed by atoms with van der Waals surface area (Å²) in [4.78, 5) is 10.7. The van der Waals surface area contributed by atoms with Crippen molar-refractivity contribution in [1.82, 2.24) is 0 Å². The van der Waals surface area contributed by atoms with Gasteiger partial charge in [-0.15, -0.1) is 0 Å². The highest BCUT2D eigenvalue weighted by Crippen LogP contribution is 2.25. The lowest BCUT2D eigenvalue weighted by Gasteiger charge is -2.24. The summed E-state index contributed by atoms with van der Waals surface area (Å²) < 4.78 is 8.95. The molecule has 17 heavy (non-hydrogen) atoms. The molecule has 4 nitrogen and oxygen atoms in total. The van der Waals surface area contributed by atoms with Crippen molar-refractivity contribution in [2.45, 2.75) is 50.5 Å². The normalized spacial score (nSPS) is 19.2. The molecule has 1 saturated carbocycles. The Balaban J connectivity index is 2.40. The van der Waals surface area contributed by atoms with E-state index in [9.17, 15) is 9.90 Å². The van der Waals surface area contributed by atoms with Gasteiger partial charge in [0.25, 0.3) is 0 Å². The molecule has 0 aromatic heterocycles. The Hall–Kier alpha value is -1.21. The Morgan fingerprint density at radius 3 is 2.41 bits per heavy atom. The van der Waals surface area contributed by atoms with E-state index < -0.39 is 11.8 Å². The summed E-state index contributed by atoms with van der Waals surface area (Å²) in [5.74, 6) is 5.50. The third kappa shape index (κ3) is 5.60. The number of carbonyl (C=O) groups is 1. The fourth-order valence-corrected chi connectivity index (χ4v) is 1.97. The Labute approximate surface area is 102 Å². The minimum Gasteiger partial charge on any atom is -0.438 e. The molecule has 0 spiro atoms. The molecule has 0 aliphatic heterocycles. The topological polar surface area (TPSA) is 55.8 Å². The van der Waals surface area contributed by atoms with Crippen molar-refractivity contribution in [2.24, 2.45) is 0 Å². The first kappa shape index (κ1) is 13.9. The van der Waals surface area contributed by atoms with Crippen LogP contribution < -0.4 is 0 Å². The quantitative estimate of drug-likeness (QED) is 0.564. The zero-order chi connectivity index (χ0) is 12.6. The molecule has 0 bridgehead atoms. The molecule has 0 unspecified atom stereocenters. The third-order valence-electron chi connectivity index (χ3n) is 2.93. The lowest BCUT2D eigenvalue weighted by atomic mass is 9.87. The molecular weight excluding hydrogens is 220 g/mol. The van der Waals surface area contributed by atoms with Gasteiger partial charge in [0.2, 0.25) is 0 Å². The van der Waals surface area contributed by atoms with Crippen LogP contribution in [0, 0.1) is 11.8 Å². The maximum atomic E-state index is 10.7. The van der Waals surface area contributed by atoms with E-state index in [2.05, 4.69) is 21.3 Å². The van der Waals surface area contributed by atoms with E-state index in [1.54, 1.807) is 0 Å². The lowest BCUT2D eigenvalue weighted by molar-refractivity contribution is 0.0700. The highest BCUT2D eigenvalue weighted by atomic mass is 16.7. The number of carbonyl (C=O) groups excluding carboxylic acids is 1. The first-order valence-electron chi connectivity index (χ1n) is 6.09. The van der Waals surface area contributed by atoms with Gasteiger partial charge in [-0.25, -0.2) is 4.79 Å². The summed E-state index contributed by atoms with van der Waals surface area (Å²) in [5, 5.41) is 10.3. The van der Waals surface area contributed by atoms with E-state index in [-0.39, 0.29) is 6.61 Å². The molecule has 1 aliphatic rings. The van der Waals surface area contributed by atoms with Gasteiger partial charge in [-0.05, 0) is 25.7 Å². The fourth-order valence-electron chi connectivity index (χ4n) is 1.97. The Kier molecular flexibility index (Phi) is 5.85. The molecule has 1 aliphatic carbocycles. The van der Waals surface area contributed by atoms with Gasteiger partial charge >= 0.3 is 6.16 Å². The van der Waals surface area contributed by atoms with E-state index in [4.69, 9.17) is 0 Å². The van der Waals surface area contributed by atoms with Gasteiger partial charge in [-0.3, -0.25) is 0 Å². The minimum absolute atomic E-state index is 0.0328. The maximum Gasteiger partial charge on any atom is 0.508 e. The van der Waals surface area contributed by atoms with Gasteiger partial charge in [0, 0.05) is 0 Å². The summed E-state index contributed by atoms with van der Waals surface area (Å²) in [6, 6.07) is 0. The van der Waals surface area contributed by atoms with Crippen LogP contribution in [-0.4, -0.2) is 30.6 Å². The Morgan fingerprint density at radius 1 is 1.24 bits per heavy atom. The predicted octanol–water partition coefficient (Wildman–Crippen LogP) is 2.25. The molecule has 0 amide bonds. The van der Waals surface area contributed by atoms with E-state index >= 15 is 0 Å². The highest BCUT2D eigenvalue weighted by Gasteiger charge is 2.24.